The van der Waals surface area contributed by atoms with Crippen LogP contribution in [0.3, 0.4) is 0 Å². The number of benzene rings is 2. The maximum Gasteiger partial charge on any atom is 1.00 e. The van der Waals surface area contributed by atoms with Crippen molar-refractivity contribution in [1.29, 1.82) is 0 Å². The van der Waals surface area contributed by atoms with Gasteiger partial charge < -0.3 is 9.90 Å². The van der Waals surface area contributed by atoms with Gasteiger partial charge in [0, 0.05) is 5.56 Å². The fourth-order valence-corrected chi connectivity index (χ4v) is 1.40. The molecule has 0 spiro atoms. The van der Waals surface area contributed by atoms with E-state index < -0.39 is 5.97 Å². The van der Waals surface area contributed by atoms with Gasteiger partial charge in [-0.2, -0.15) is 0 Å². The van der Waals surface area contributed by atoms with Crippen molar-refractivity contribution >= 4 is 16.7 Å². The predicted octanol–water partition coefficient (Wildman–Crippen LogP) is 1.20. The summed E-state index contributed by atoms with van der Waals surface area (Å²) in [5, 5.41) is 12.4. The minimum atomic E-state index is -1.13. The van der Waals surface area contributed by atoms with Crippen molar-refractivity contribution in [3.05, 3.63) is 48.0 Å². The van der Waals surface area contributed by atoms with E-state index in [2.05, 4.69) is 0 Å². The van der Waals surface area contributed by atoms with E-state index in [0.29, 0.717) is 0 Å². The Morgan fingerprint density at radius 1 is 1.00 bits per heavy atom. The van der Waals surface area contributed by atoms with Crippen LogP contribution in [0, 0.1) is 0 Å². The van der Waals surface area contributed by atoms with Crippen LogP contribution >= 0.6 is 0 Å². The van der Waals surface area contributed by atoms with Gasteiger partial charge in [-0.05, 0) is 10.8 Å². The van der Waals surface area contributed by atoms with Gasteiger partial charge in [-0.15, -0.1) is 0 Å². The first-order valence-electron chi connectivity index (χ1n) is 3.98. The smallest absolute Gasteiger partial charge is 0.545 e. The number of aromatic carboxylic acids is 1. The van der Waals surface area contributed by atoms with Crippen LogP contribution in [0.5, 0.6) is 0 Å². The van der Waals surface area contributed by atoms with Gasteiger partial charge in [0.15, 0.2) is 0 Å². The number of hydrogen-bond donors (Lipinski definition) is 0. The molecule has 0 heterocycles. The van der Waals surface area contributed by atoms with E-state index in [1.165, 1.54) is 0 Å². The monoisotopic (exact) mass is 278 g/mol. The molecule has 0 radical (unpaired) electrons. The largest absolute Gasteiger partial charge is 1.00 e. The molecule has 74 valence electrons. The Bertz CT molecular complexity index is 460. The van der Waals surface area contributed by atoms with Crippen LogP contribution in [0.15, 0.2) is 42.5 Å². The Kier molecular flexibility index (Phi) is 3.47. The average molecular weight is 279 g/mol. The summed E-state index contributed by atoms with van der Waals surface area (Å²) in [5.41, 5.74) is 0.248. The Hall–Kier alpha value is -1.09. The number of carbonyl (C=O) groups is 1. The minimum absolute atomic E-state index is 0. The zero-order valence-corrected chi connectivity index (χ0v) is 8.64. The molecule has 2 aromatic carbocycles. The number of hydrogen-bond acceptors (Lipinski definition) is 2. The Morgan fingerprint density at radius 2 is 1.64 bits per heavy atom. The standard InChI is InChI=1S/C11H8O2.Ag/c12-11(13)10-7-3-5-8-4-1-2-6-9(8)10;/h1-7H,(H,12,13);/q;+1/p-1. The summed E-state index contributed by atoms with van der Waals surface area (Å²) < 4.78 is 0. The number of fused-ring (bicyclic) bond motifs is 1. The molecule has 0 saturated heterocycles. The third-order valence-corrected chi connectivity index (χ3v) is 2.01. The summed E-state index contributed by atoms with van der Waals surface area (Å²) in [6.07, 6.45) is 0. The van der Waals surface area contributed by atoms with Gasteiger partial charge >= 0.3 is 22.4 Å². The SMILES string of the molecule is O=C([O-])c1cccc2ccccc12.[Ag+]. The second-order valence-electron chi connectivity index (χ2n) is 2.81. The van der Waals surface area contributed by atoms with E-state index in [4.69, 9.17) is 0 Å². The normalized spacial score (nSPS) is 9.43. The van der Waals surface area contributed by atoms with Crippen LogP contribution < -0.4 is 5.11 Å². The van der Waals surface area contributed by atoms with Gasteiger partial charge in [0.1, 0.15) is 0 Å². The molecule has 0 saturated carbocycles. The molecule has 14 heavy (non-hydrogen) atoms. The Morgan fingerprint density at radius 3 is 2.36 bits per heavy atom. The van der Waals surface area contributed by atoms with Crippen LogP contribution in [0.4, 0.5) is 0 Å². The molecule has 0 unspecified atom stereocenters. The molecule has 0 aromatic heterocycles. The second-order valence-corrected chi connectivity index (χ2v) is 2.81. The van der Waals surface area contributed by atoms with E-state index in [9.17, 15) is 9.90 Å². The molecule has 2 nitrogen and oxygen atoms in total. The molecular weight excluding hydrogens is 272 g/mol. The number of rotatable bonds is 1. The van der Waals surface area contributed by atoms with Crippen molar-refractivity contribution in [3.8, 4) is 0 Å². The van der Waals surface area contributed by atoms with Crippen LogP contribution in [0.25, 0.3) is 10.8 Å². The summed E-state index contributed by atoms with van der Waals surface area (Å²) in [7, 11) is 0. The van der Waals surface area contributed by atoms with Crippen molar-refractivity contribution in [2.24, 2.45) is 0 Å². The first-order chi connectivity index (χ1) is 6.29. The molecule has 0 bridgehead atoms. The fourth-order valence-electron chi connectivity index (χ4n) is 1.40. The van der Waals surface area contributed by atoms with Crippen molar-refractivity contribution in [2.45, 2.75) is 0 Å². The van der Waals surface area contributed by atoms with Gasteiger partial charge in [-0.1, -0.05) is 42.5 Å². The van der Waals surface area contributed by atoms with Crippen LogP contribution in [0.2, 0.25) is 0 Å². The minimum Gasteiger partial charge on any atom is -0.545 e. The second kappa shape index (κ2) is 4.42. The zero-order valence-electron chi connectivity index (χ0n) is 7.16. The van der Waals surface area contributed by atoms with Crippen LogP contribution in [0.1, 0.15) is 10.4 Å². The molecule has 0 aliphatic heterocycles. The third kappa shape index (κ3) is 1.87. The Labute approximate surface area is 97.1 Å². The molecule has 2 rings (SSSR count). The molecule has 0 N–H and O–H groups in total. The van der Waals surface area contributed by atoms with E-state index in [0.717, 1.165) is 10.8 Å². The summed E-state index contributed by atoms with van der Waals surface area (Å²) in [6.45, 7) is 0. The molecule has 0 amide bonds. The van der Waals surface area contributed by atoms with Gasteiger partial charge in [-0.25, -0.2) is 0 Å². The van der Waals surface area contributed by atoms with E-state index in [1.54, 1.807) is 18.2 Å². The summed E-state index contributed by atoms with van der Waals surface area (Å²) in [4.78, 5) is 10.7. The van der Waals surface area contributed by atoms with Crippen molar-refractivity contribution in [1.82, 2.24) is 0 Å². The molecule has 0 aliphatic rings. The molecule has 0 atom stereocenters. The summed E-state index contributed by atoms with van der Waals surface area (Å²) in [5.74, 6) is -1.13. The van der Waals surface area contributed by atoms with Crippen molar-refractivity contribution in [3.63, 3.8) is 0 Å². The van der Waals surface area contributed by atoms with Gasteiger partial charge in [0.05, 0.1) is 5.97 Å². The first-order valence-corrected chi connectivity index (χ1v) is 3.98. The van der Waals surface area contributed by atoms with Gasteiger partial charge in [0.2, 0.25) is 0 Å². The fraction of sp³-hybridized carbons (Fsp3) is 0. The third-order valence-electron chi connectivity index (χ3n) is 2.01. The van der Waals surface area contributed by atoms with Crippen LogP contribution in [-0.2, 0) is 22.4 Å². The summed E-state index contributed by atoms with van der Waals surface area (Å²) in [6, 6.07) is 12.5. The van der Waals surface area contributed by atoms with Crippen molar-refractivity contribution in [2.75, 3.05) is 0 Å². The number of carboxylic acids is 1. The van der Waals surface area contributed by atoms with E-state index in [-0.39, 0.29) is 27.9 Å². The summed E-state index contributed by atoms with van der Waals surface area (Å²) >= 11 is 0. The molecular formula is C11H7AgO2. The number of carboxylic acid groups (broad SMARTS) is 1. The molecule has 3 heteroatoms. The average Bonchev–Trinajstić information content (AvgIpc) is 2.17. The zero-order chi connectivity index (χ0) is 9.26. The first kappa shape index (κ1) is 11.0. The molecule has 0 fully saturated rings. The maximum atomic E-state index is 10.7. The van der Waals surface area contributed by atoms with E-state index in [1.807, 2.05) is 24.3 Å². The van der Waals surface area contributed by atoms with Gasteiger partial charge in [-0.3, -0.25) is 0 Å². The van der Waals surface area contributed by atoms with Gasteiger partial charge in [0.25, 0.3) is 0 Å². The number of carbonyl (C=O) groups excluding carboxylic acids is 1. The quantitative estimate of drug-likeness (QED) is 0.736. The Balaban J connectivity index is 0.000000980. The predicted molar refractivity (Wildman–Crippen MR) is 48.3 cm³/mol. The van der Waals surface area contributed by atoms with Crippen molar-refractivity contribution < 1.29 is 32.3 Å². The van der Waals surface area contributed by atoms with E-state index >= 15 is 0 Å². The maximum absolute atomic E-state index is 10.7. The topological polar surface area (TPSA) is 40.1 Å². The molecule has 2 aromatic rings. The molecule has 0 aliphatic carbocycles. The van der Waals surface area contributed by atoms with Crippen LogP contribution in [-0.4, -0.2) is 5.97 Å².